The highest BCUT2D eigenvalue weighted by atomic mass is 16.5. The van der Waals surface area contributed by atoms with Crippen molar-refractivity contribution in [3.8, 4) is 17.0 Å². The van der Waals surface area contributed by atoms with Crippen LogP contribution in [0.3, 0.4) is 0 Å². The first-order chi connectivity index (χ1) is 13.2. The summed E-state index contributed by atoms with van der Waals surface area (Å²) in [5, 5.41) is 16.4. The van der Waals surface area contributed by atoms with Gasteiger partial charge in [-0.1, -0.05) is 18.2 Å². The maximum atomic E-state index is 11.7. The lowest BCUT2D eigenvalue weighted by atomic mass is 10.1. The fourth-order valence-electron chi connectivity index (χ4n) is 2.99. The number of carboxylic acid groups (broad SMARTS) is 1. The van der Waals surface area contributed by atoms with Gasteiger partial charge in [0.15, 0.2) is 5.65 Å². The van der Waals surface area contributed by atoms with Crippen molar-refractivity contribution in [2.45, 2.75) is 6.54 Å². The van der Waals surface area contributed by atoms with Crippen LogP contribution in [0.25, 0.3) is 22.3 Å². The number of nitrogens with zero attached hydrogens (tertiary/aromatic N) is 4. The number of hydrogen-bond donors (Lipinski definition) is 0. The van der Waals surface area contributed by atoms with Crippen LogP contribution in [-0.2, 0) is 6.54 Å². The van der Waals surface area contributed by atoms with E-state index in [0.29, 0.717) is 34.6 Å². The topological polar surface area (TPSA) is 93.0 Å². The third kappa shape index (κ3) is 3.10. The summed E-state index contributed by atoms with van der Waals surface area (Å²) in [5.74, 6) is -0.675. The lowest BCUT2D eigenvalue weighted by Crippen LogP contribution is -2.22. The summed E-state index contributed by atoms with van der Waals surface area (Å²) in [5.41, 5.74) is 2.60. The molecule has 3 heterocycles. The molecule has 0 bridgehead atoms. The number of pyridine rings is 2. The molecule has 7 heteroatoms. The molecular formula is C20H15N4O3-. The molecule has 0 aliphatic heterocycles. The van der Waals surface area contributed by atoms with Gasteiger partial charge in [0.2, 0.25) is 0 Å². The van der Waals surface area contributed by atoms with Gasteiger partial charge in [0.05, 0.1) is 31.5 Å². The number of aromatic carboxylic acids is 1. The van der Waals surface area contributed by atoms with Gasteiger partial charge in [0.25, 0.3) is 0 Å². The normalized spacial score (nSPS) is 10.9. The fraction of sp³-hybridized carbons (Fsp3) is 0.100. The average molecular weight is 359 g/mol. The first-order valence-corrected chi connectivity index (χ1v) is 8.27. The van der Waals surface area contributed by atoms with Gasteiger partial charge >= 0.3 is 0 Å². The Morgan fingerprint density at radius 2 is 2.04 bits per heavy atom. The molecule has 27 heavy (non-hydrogen) atoms. The molecule has 0 radical (unpaired) electrons. The van der Waals surface area contributed by atoms with Gasteiger partial charge in [-0.25, -0.2) is 9.67 Å². The van der Waals surface area contributed by atoms with E-state index in [4.69, 9.17) is 4.74 Å². The van der Waals surface area contributed by atoms with Crippen LogP contribution >= 0.6 is 0 Å². The van der Waals surface area contributed by atoms with Crippen molar-refractivity contribution >= 4 is 17.0 Å². The largest absolute Gasteiger partial charge is 0.545 e. The number of para-hydroxylation sites is 1. The molecule has 134 valence electrons. The number of carbonyl (C=O) groups is 1. The Morgan fingerprint density at radius 3 is 2.78 bits per heavy atom. The number of hydrogen-bond acceptors (Lipinski definition) is 6. The number of rotatable bonds is 5. The molecule has 0 spiro atoms. The van der Waals surface area contributed by atoms with Crippen LogP contribution in [0.1, 0.15) is 15.9 Å². The summed E-state index contributed by atoms with van der Waals surface area (Å²) in [6, 6.07) is 12.6. The highest BCUT2D eigenvalue weighted by molar-refractivity contribution is 6.02. The molecule has 0 unspecified atom stereocenters. The van der Waals surface area contributed by atoms with Crippen molar-refractivity contribution in [3.63, 3.8) is 0 Å². The molecule has 0 fully saturated rings. The van der Waals surface area contributed by atoms with Crippen molar-refractivity contribution in [1.29, 1.82) is 0 Å². The van der Waals surface area contributed by atoms with E-state index in [-0.39, 0.29) is 5.56 Å². The molecular weight excluding hydrogens is 344 g/mol. The zero-order valence-corrected chi connectivity index (χ0v) is 14.5. The molecule has 0 N–H and O–H groups in total. The van der Waals surface area contributed by atoms with Crippen LogP contribution in [0.15, 0.2) is 61.1 Å². The van der Waals surface area contributed by atoms with Gasteiger partial charge < -0.3 is 14.6 Å². The summed E-state index contributed by atoms with van der Waals surface area (Å²) >= 11 is 0. The van der Waals surface area contributed by atoms with Gasteiger partial charge in [-0.2, -0.15) is 5.10 Å². The lowest BCUT2D eigenvalue weighted by molar-refractivity contribution is -0.254. The Hall–Kier alpha value is -3.74. The van der Waals surface area contributed by atoms with Crippen molar-refractivity contribution in [2.24, 2.45) is 0 Å². The SMILES string of the molecule is COc1ccccc1-c1cc(C(=O)[O-])c2cnn(Cc3cccnc3)c2n1. The Morgan fingerprint density at radius 1 is 1.19 bits per heavy atom. The predicted molar refractivity (Wildman–Crippen MR) is 97.2 cm³/mol. The molecule has 0 amide bonds. The van der Waals surface area contributed by atoms with E-state index < -0.39 is 5.97 Å². The summed E-state index contributed by atoms with van der Waals surface area (Å²) in [7, 11) is 1.56. The molecule has 0 atom stereocenters. The van der Waals surface area contributed by atoms with E-state index in [1.807, 2.05) is 30.3 Å². The van der Waals surface area contributed by atoms with Crippen molar-refractivity contribution in [2.75, 3.05) is 7.11 Å². The van der Waals surface area contributed by atoms with Crippen LogP contribution in [0.4, 0.5) is 0 Å². The van der Waals surface area contributed by atoms with Gasteiger partial charge in [-0.3, -0.25) is 4.98 Å². The second-order valence-electron chi connectivity index (χ2n) is 5.94. The average Bonchev–Trinajstić information content (AvgIpc) is 3.10. The Balaban J connectivity index is 1.91. The van der Waals surface area contributed by atoms with Gasteiger partial charge in [0.1, 0.15) is 5.75 Å². The number of methoxy groups -OCH3 is 1. The minimum Gasteiger partial charge on any atom is -0.545 e. The van der Waals surface area contributed by atoms with Crippen molar-refractivity contribution < 1.29 is 14.6 Å². The number of ether oxygens (including phenoxy) is 1. The first-order valence-electron chi connectivity index (χ1n) is 8.27. The molecule has 4 rings (SSSR count). The molecule has 3 aromatic heterocycles. The molecule has 0 aliphatic rings. The summed E-state index contributed by atoms with van der Waals surface area (Å²) in [6.07, 6.45) is 4.92. The van der Waals surface area contributed by atoms with Gasteiger partial charge in [0, 0.05) is 28.9 Å². The molecule has 4 aromatic rings. The summed E-state index contributed by atoms with van der Waals surface area (Å²) in [4.78, 5) is 20.5. The number of fused-ring (bicyclic) bond motifs is 1. The molecule has 0 aliphatic carbocycles. The quantitative estimate of drug-likeness (QED) is 0.540. The molecule has 0 saturated carbocycles. The number of benzene rings is 1. The van der Waals surface area contributed by atoms with Crippen molar-refractivity contribution in [1.82, 2.24) is 19.7 Å². The number of carboxylic acids is 1. The van der Waals surface area contributed by atoms with E-state index in [2.05, 4.69) is 15.1 Å². The lowest BCUT2D eigenvalue weighted by Gasteiger charge is -2.12. The summed E-state index contributed by atoms with van der Waals surface area (Å²) < 4.78 is 7.04. The van der Waals surface area contributed by atoms with Crippen molar-refractivity contribution in [3.05, 3.63) is 72.2 Å². The standard InChI is InChI=1S/C20H16N4O3/c1-27-18-7-3-2-6-14(18)17-9-15(20(25)26)16-11-22-24(19(16)23-17)12-13-5-4-8-21-10-13/h2-11H,12H2,1H3,(H,25,26)/p-1. The molecule has 7 nitrogen and oxygen atoms in total. The van der Waals surface area contributed by atoms with E-state index in [1.165, 1.54) is 12.3 Å². The monoisotopic (exact) mass is 359 g/mol. The molecule has 0 saturated heterocycles. The highest BCUT2D eigenvalue weighted by Crippen LogP contribution is 2.31. The van der Waals surface area contributed by atoms with Gasteiger partial charge in [-0.05, 0) is 29.8 Å². The van der Waals surface area contributed by atoms with Crippen LogP contribution in [-0.4, -0.2) is 32.8 Å². The first kappa shape index (κ1) is 16.7. The van der Waals surface area contributed by atoms with E-state index in [9.17, 15) is 9.90 Å². The Kier molecular flexibility index (Phi) is 4.25. The molecule has 1 aromatic carbocycles. The van der Waals surface area contributed by atoms with Crippen LogP contribution in [0, 0.1) is 0 Å². The van der Waals surface area contributed by atoms with E-state index in [1.54, 1.807) is 30.3 Å². The predicted octanol–water partition coefficient (Wildman–Crippen LogP) is 1.91. The van der Waals surface area contributed by atoms with E-state index in [0.717, 1.165) is 5.56 Å². The summed E-state index contributed by atoms with van der Waals surface area (Å²) in [6.45, 7) is 0.423. The number of aromatic nitrogens is 4. The van der Waals surface area contributed by atoms with Gasteiger partial charge in [-0.15, -0.1) is 0 Å². The van der Waals surface area contributed by atoms with Crippen LogP contribution < -0.4 is 9.84 Å². The minimum absolute atomic E-state index is 0.0401. The van der Waals surface area contributed by atoms with E-state index >= 15 is 0 Å². The van der Waals surface area contributed by atoms with Crippen LogP contribution in [0.5, 0.6) is 5.75 Å². The number of carbonyl (C=O) groups excluding carboxylic acids is 1. The maximum Gasteiger partial charge on any atom is 0.159 e. The third-order valence-corrected chi connectivity index (χ3v) is 4.27. The second kappa shape index (κ2) is 6.87. The Bertz CT molecular complexity index is 1120. The Labute approximate surface area is 154 Å². The highest BCUT2D eigenvalue weighted by Gasteiger charge is 2.15. The second-order valence-corrected chi connectivity index (χ2v) is 5.94. The minimum atomic E-state index is -1.28. The zero-order valence-electron chi connectivity index (χ0n) is 14.5. The van der Waals surface area contributed by atoms with Crippen LogP contribution in [0.2, 0.25) is 0 Å². The fourth-order valence-corrected chi connectivity index (χ4v) is 2.99. The third-order valence-electron chi connectivity index (χ3n) is 4.27. The zero-order chi connectivity index (χ0) is 18.8. The smallest absolute Gasteiger partial charge is 0.159 e. The maximum absolute atomic E-state index is 11.7.